The molecule has 1 aromatic rings. The molecule has 50 valence electrons. The van der Waals surface area contributed by atoms with E-state index < -0.39 is 0 Å². The zero-order valence-electron chi connectivity index (χ0n) is 5.13. The van der Waals surface area contributed by atoms with Crippen LogP contribution in [0.3, 0.4) is 0 Å². The minimum absolute atomic E-state index is 0.338. The lowest BCUT2D eigenvalue weighted by Crippen LogP contribution is -1.87. The fraction of sp³-hybridized carbons (Fsp3) is 0. The van der Waals surface area contributed by atoms with Crippen LogP contribution in [0, 0.1) is 11.3 Å². The second-order valence-electron chi connectivity index (χ2n) is 1.82. The van der Waals surface area contributed by atoms with Crippen molar-refractivity contribution in [3.05, 3.63) is 28.8 Å². The summed E-state index contributed by atoms with van der Waals surface area (Å²) < 4.78 is 0. The predicted molar refractivity (Wildman–Crippen MR) is 40.6 cm³/mol. The van der Waals surface area contributed by atoms with E-state index in [2.05, 4.69) is 0 Å². The molecule has 0 aromatic heterocycles. The van der Waals surface area contributed by atoms with Crippen molar-refractivity contribution in [2.45, 2.75) is 0 Å². The van der Waals surface area contributed by atoms with Gasteiger partial charge in [-0.05, 0) is 12.1 Å². The highest BCUT2D eigenvalue weighted by Gasteiger charge is 1.99. The Balaban J connectivity index is 3.31. The van der Waals surface area contributed by atoms with Gasteiger partial charge in [0.1, 0.15) is 6.07 Å². The van der Waals surface area contributed by atoms with Crippen molar-refractivity contribution in [1.82, 2.24) is 0 Å². The van der Waals surface area contributed by atoms with Gasteiger partial charge in [0, 0.05) is 0 Å². The standard InChI is InChI=1S/C7H5ClN2/c8-7-5(4-9)2-1-3-6(7)10/h1-3H,10H2. The molecule has 1 aromatic carbocycles. The number of hydrogen-bond acceptors (Lipinski definition) is 2. The van der Waals surface area contributed by atoms with Gasteiger partial charge in [0.15, 0.2) is 0 Å². The van der Waals surface area contributed by atoms with Gasteiger partial charge in [-0.1, -0.05) is 17.7 Å². The molecule has 0 saturated carbocycles. The van der Waals surface area contributed by atoms with Crippen molar-refractivity contribution in [2.75, 3.05) is 5.73 Å². The van der Waals surface area contributed by atoms with E-state index in [-0.39, 0.29) is 0 Å². The molecule has 0 fully saturated rings. The molecule has 0 unspecified atom stereocenters. The number of nitrogen functional groups attached to an aromatic ring is 1. The molecular formula is C7H5ClN2. The molecule has 0 radical (unpaired) electrons. The highest BCUT2D eigenvalue weighted by atomic mass is 35.5. The Morgan fingerprint density at radius 3 is 2.70 bits per heavy atom. The average Bonchev–Trinajstić information content (AvgIpc) is 1.95. The number of hydrogen-bond donors (Lipinski definition) is 1. The van der Waals surface area contributed by atoms with E-state index >= 15 is 0 Å². The van der Waals surface area contributed by atoms with Gasteiger partial charge in [0.2, 0.25) is 0 Å². The minimum Gasteiger partial charge on any atom is -0.397 e. The minimum atomic E-state index is 0.338. The van der Waals surface area contributed by atoms with Gasteiger partial charge in [-0.15, -0.1) is 0 Å². The van der Waals surface area contributed by atoms with Crippen LogP contribution in [0.25, 0.3) is 0 Å². The third-order valence-electron chi connectivity index (χ3n) is 1.15. The van der Waals surface area contributed by atoms with E-state index in [9.17, 15) is 0 Å². The van der Waals surface area contributed by atoms with Crippen LogP contribution in [0.5, 0.6) is 0 Å². The van der Waals surface area contributed by atoms with Crippen LogP contribution in [0.4, 0.5) is 5.69 Å². The molecule has 0 atom stereocenters. The Labute approximate surface area is 63.8 Å². The second-order valence-corrected chi connectivity index (χ2v) is 2.20. The highest BCUT2D eigenvalue weighted by molar-refractivity contribution is 6.34. The van der Waals surface area contributed by atoms with Gasteiger partial charge in [-0.3, -0.25) is 0 Å². The second kappa shape index (κ2) is 2.59. The van der Waals surface area contributed by atoms with E-state index in [1.54, 1.807) is 18.2 Å². The number of benzene rings is 1. The molecule has 0 aliphatic rings. The smallest absolute Gasteiger partial charge is 0.101 e. The fourth-order valence-electron chi connectivity index (χ4n) is 0.636. The molecule has 2 N–H and O–H groups in total. The fourth-order valence-corrected chi connectivity index (χ4v) is 0.804. The van der Waals surface area contributed by atoms with Crippen molar-refractivity contribution >= 4 is 17.3 Å². The Morgan fingerprint density at radius 2 is 2.20 bits per heavy atom. The number of halogens is 1. The first-order valence-corrected chi connectivity index (χ1v) is 3.07. The summed E-state index contributed by atoms with van der Waals surface area (Å²) in [6.07, 6.45) is 0. The first-order valence-electron chi connectivity index (χ1n) is 2.70. The monoisotopic (exact) mass is 152 g/mol. The third-order valence-corrected chi connectivity index (χ3v) is 1.57. The largest absolute Gasteiger partial charge is 0.397 e. The number of rotatable bonds is 0. The van der Waals surface area contributed by atoms with Gasteiger partial charge < -0.3 is 5.73 Å². The van der Waals surface area contributed by atoms with Crippen LogP contribution in [-0.2, 0) is 0 Å². The molecule has 1 rings (SSSR count). The Morgan fingerprint density at radius 1 is 1.50 bits per heavy atom. The summed E-state index contributed by atoms with van der Waals surface area (Å²) in [6, 6.07) is 6.90. The maximum Gasteiger partial charge on any atom is 0.101 e. The van der Waals surface area contributed by atoms with Crippen molar-refractivity contribution in [1.29, 1.82) is 5.26 Å². The van der Waals surface area contributed by atoms with Crippen LogP contribution in [0.1, 0.15) is 5.56 Å². The molecule has 0 bridgehead atoms. The van der Waals surface area contributed by atoms with Gasteiger partial charge in [0.05, 0.1) is 16.3 Å². The number of anilines is 1. The number of nitriles is 1. The van der Waals surface area contributed by atoms with Gasteiger partial charge in [-0.2, -0.15) is 5.26 Å². The van der Waals surface area contributed by atoms with Crippen molar-refractivity contribution in [3.63, 3.8) is 0 Å². The maximum absolute atomic E-state index is 8.45. The Kier molecular flexibility index (Phi) is 1.79. The van der Waals surface area contributed by atoms with E-state index in [0.29, 0.717) is 16.3 Å². The van der Waals surface area contributed by atoms with Crippen LogP contribution in [0.15, 0.2) is 18.2 Å². The van der Waals surface area contributed by atoms with Crippen molar-refractivity contribution < 1.29 is 0 Å². The normalized spacial score (nSPS) is 8.80. The summed E-state index contributed by atoms with van der Waals surface area (Å²) in [5, 5.41) is 8.79. The summed E-state index contributed by atoms with van der Waals surface area (Å²) in [6.45, 7) is 0. The first-order chi connectivity index (χ1) is 4.75. The van der Waals surface area contributed by atoms with Crippen LogP contribution < -0.4 is 5.73 Å². The lowest BCUT2D eigenvalue weighted by molar-refractivity contribution is 1.48. The molecule has 0 aliphatic heterocycles. The zero-order valence-corrected chi connectivity index (χ0v) is 5.89. The van der Waals surface area contributed by atoms with Crippen LogP contribution >= 0.6 is 11.6 Å². The summed E-state index contributed by atoms with van der Waals surface area (Å²) >= 11 is 5.65. The zero-order chi connectivity index (χ0) is 7.56. The molecule has 0 heterocycles. The molecule has 0 amide bonds. The molecule has 0 spiro atoms. The summed E-state index contributed by atoms with van der Waals surface area (Å²) in [4.78, 5) is 0. The summed E-state index contributed by atoms with van der Waals surface area (Å²) in [5.74, 6) is 0. The van der Waals surface area contributed by atoms with E-state index in [1.165, 1.54) is 0 Å². The van der Waals surface area contributed by atoms with E-state index in [1.807, 2.05) is 6.07 Å². The Hall–Kier alpha value is -1.20. The highest BCUT2D eigenvalue weighted by Crippen LogP contribution is 2.21. The van der Waals surface area contributed by atoms with E-state index in [0.717, 1.165) is 0 Å². The SMILES string of the molecule is N#Cc1cccc(N)c1Cl. The quantitative estimate of drug-likeness (QED) is 0.577. The average molecular weight is 153 g/mol. The molecule has 0 saturated heterocycles. The van der Waals surface area contributed by atoms with Gasteiger partial charge >= 0.3 is 0 Å². The van der Waals surface area contributed by atoms with Crippen LogP contribution in [0.2, 0.25) is 5.02 Å². The lowest BCUT2D eigenvalue weighted by atomic mass is 10.2. The lowest BCUT2D eigenvalue weighted by Gasteiger charge is -1.96. The molecule has 3 heteroatoms. The summed E-state index contributed by atoms with van der Waals surface area (Å²) in [7, 11) is 0. The summed E-state index contributed by atoms with van der Waals surface area (Å²) in [5.41, 5.74) is 6.28. The number of nitrogens with two attached hydrogens (primary N) is 1. The van der Waals surface area contributed by atoms with Crippen molar-refractivity contribution in [2.24, 2.45) is 0 Å². The molecule has 2 nitrogen and oxygen atoms in total. The predicted octanol–water partition coefficient (Wildman–Crippen LogP) is 1.79. The van der Waals surface area contributed by atoms with Crippen LogP contribution in [-0.4, -0.2) is 0 Å². The van der Waals surface area contributed by atoms with Gasteiger partial charge in [0.25, 0.3) is 0 Å². The topological polar surface area (TPSA) is 49.8 Å². The molecule has 10 heavy (non-hydrogen) atoms. The van der Waals surface area contributed by atoms with Crippen molar-refractivity contribution in [3.8, 4) is 6.07 Å². The maximum atomic E-state index is 8.45. The third kappa shape index (κ3) is 1.04. The molecular weight excluding hydrogens is 148 g/mol. The van der Waals surface area contributed by atoms with Gasteiger partial charge in [-0.25, -0.2) is 0 Å². The van der Waals surface area contributed by atoms with E-state index in [4.69, 9.17) is 22.6 Å². The number of nitrogens with zero attached hydrogens (tertiary/aromatic N) is 1. The Bertz CT molecular complexity index is 288. The molecule has 0 aliphatic carbocycles. The first kappa shape index (κ1) is 6.91.